The van der Waals surface area contributed by atoms with Crippen LogP contribution >= 0.6 is 11.8 Å². The fourth-order valence-corrected chi connectivity index (χ4v) is 3.41. The van der Waals surface area contributed by atoms with E-state index in [9.17, 15) is 9.90 Å². The van der Waals surface area contributed by atoms with Gasteiger partial charge in [-0.3, -0.25) is 4.79 Å². The normalized spacial score (nSPS) is 21.3. The average Bonchev–Trinajstić information content (AvgIpc) is 2.46. The van der Waals surface area contributed by atoms with E-state index in [1.54, 1.807) is 11.8 Å². The first kappa shape index (κ1) is 15.4. The number of amides is 1. The van der Waals surface area contributed by atoms with Gasteiger partial charge in [0.25, 0.3) is 0 Å². The van der Waals surface area contributed by atoms with Gasteiger partial charge in [-0.05, 0) is 42.6 Å². The number of carbonyl (C=O) groups excluding carboxylic acids is 1. The molecule has 1 unspecified atom stereocenters. The lowest BCUT2D eigenvalue weighted by molar-refractivity contribution is -0.120. The summed E-state index contributed by atoms with van der Waals surface area (Å²) < 4.78 is 0. The Hall–Kier alpha value is -1.00. The average molecular weight is 293 g/mol. The molecule has 2 rings (SSSR count). The van der Waals surface area contributed by atoms with Crippen LogP contribution < -0.4 is 5.32 Å². The molecule has 1 aliphatic rings. The Kier molecular flexibility index (Phi) is 5.49. The van der Waals surface area contributed by atoms with Gasteiger partial charge < -0.3 is 10.4 Å². The maximum absolute atomic E-state index is 11.8. The molecule has 1 aliphatic carbocycles. The number of rotatable bonds is 6. The molecule has 0 aromatic heterocycles. The Balaban J connectivity index is 1.94. The van der Waals surface area contributed by atoms with E-state index < -0.39 is 5.60 Å². The Bertz CT molecular complexity index is 464. The van der Waals surface area contributed by atoms with Crippen molar-refractivity contribution < 1.29 is 9.90 Å². The largest absolute Gasteiger partial charge is 0.383 e. The molecule has 1 amide bonds. The number of nitrogens with one attached hydrogen (secondary N) is 1. The van der Waals surface area contributed by atoms with Gasteiger partial charge in [-0.15, -0.1) is 0 Å². The van der Waals surface area contributed by atoms with Gasteiger partial charge in [0, 0.05) is 0 Å². The number of hydrogen-bond acceptors (Lipinski definition) is 3. The van der Waals surface area contributed by atoms with Gasteiger partial charge in [-0.1, -0.05) is 31.2 Å². The lowest BCUT2D eigenvalue weighted by atomic mass is 9.79. The second-order valence-corrected chi connectivity index (χ2v) is 6.48. The summed E-state index contributed by atoms with van der Waals surface area (Å²) in [6.07, 6.45) is 3.77. The summed E-state index contributed by atoms with van der Waals surface area (Å²) >= 11 is 1.64. The van der Waals surface area contributed by atoms with Gasteiger partial charge >= 0.3 is 0 Å². The molecule has 20 heavy (non-hydrogen) atoms. The molecule has 1 aromatic rings. The predicted molar refractivity (Wildman–Crippen MR) is 83.9 cm³/mol. The number of benzene rings is 1. The smallest absolute Gasteiger partial charge is 0.230 e. The third kappa shape index (κ3) is 3.76. The van der Waals surface area contributed by atoms with Crippen molar-refractivity contribution in [2.75, 3.05) is 18.1 Å². The fourth-order valence-electron chi connectivity index (χ4n) is 2.69. The molecule has 4 heteroatoms. The van der Waals surface area contributed by atoms with Gasteiger partial charge in [0.05, 0.1) is 12.3 Å². The summed E-state index contributed by atoms with van der Waals surface area (Å²) in [7, 11) is 0. The highest BCUT2D eigenvalue weighted by molar-refractivity contribution is 7.99. The van der Waals surface area contributed by atoms with Crippen LogP contribution in [0.25, 0.3) is 0 Å². The van der Waals surface area contributed by atoms with Crippen LogP contribution in [0.4, 0.5) is 0 Å². The molecule has 0 saturated heterocycles. The highest BCUT2D eigenvalue weighted by Crippen LogP contribution is 2.34. The summed E-state index contributed by atoms with van der Waals surface area (Å²) in [4.78, 5) is 11.8. The van der Waals surface area contributed by atoms with E-state index in [4.69, 9.17) is 0 Å². The number of aliphatic hydroxyl groups is 1. The van der Waals surface area contributed by atoms with Crippen LogP contribution in [0.15, 0.2) is 24.3 Å². The highest BCUT2D eigenvalue weighted by atomic mass is 32.2. The van der Waals surface area contributed by atoms with E-state index in [1.807, 2.05) is 18.2 Å². The number of hydrogen-bond donors (Lipinski definition) is 2. The minimum Gasteiger partial charge on any atom is -0.383 e. The maximum Gasteiger partial charge on any atom is 0.230 e. The molecule has 0 fully saturated rings. The van der Waals surface area contributed by atoms with Gasteiger partial charge in [-0.25, -0.2) is 0 Å². The van der Waals surface area contributed by atoms with E-state index in [-0.39, 0.29) is 5.91 Å². The van der Waals surface area contributed by atoms with Crippen molar-refractivity contribution in [1.29, 1.82) is 0 Å². The van der Waals surface area contributed by atoms with Gasteiger partial charge in [0.15, 0.2) is 0 Å². The Morgan fingerprint density at radius 3 is 3.05 bits per heavy atom. The SMILES string of the molecule is CCCSCC(=O)NCC1(O)CCCc2ccccc21. The van der Waals surface area contributed by atoms with Gasteiger partial charge in [-0.2, -0.15) is 11.8 Å². The quantitative estimate of drug-likeness (QED) is 0.792. The Morgan fingerprint density at radius 2 is 2.25 bits per heavy atom. The van der Waals surface area contributed by atoms with Crippen molar-refractivity contribution in [1.82, 2.24) is 5.32 Å². The zero-order chi connectivity index (χ0) is 14.4. The first-order valence-corrected chi connectivity index (χ1v) is 8.46. The van der Waals surface area contributed by atoms with Gasteiger partial charge in [0.2, 0.25) is 5.91 Å². The van der Waals surface area contributed by atoms with E-state index >= 15 is 0 Å². The molecule has 0 saturated carbocycles. The van der Waals surface area contributed by atoms with Crippen LogP contribution in [0.3, 0.4) is 0 Å². The van der Waals surface area contributed by atoms with E-state index in [2.05, 4.69) is 18.3 Å². The van der Waals surface area contributed by atoms with Crippen molar-refractivity contribution in [3.63, 3.8) is 0 Å². The van der Waals surface area contributed by atoms with E-state index in [0.29, 0.717) is 18.7 Å². The summed E-state index contributed by atoms with van der Waals surface area (Å²) in [6.45, 7) is 2.42. The first-order valence-electron chi connectivity index (χ1n) is 7.31. The Morgan fingerprint density at radius 1 is 1.45 bits per heavy atom. The molecule has 1 aromatic carbocycles. The molecule has 0 radical (unpaired) electrons. The molecule has 110 valence electrons. The third-order valence-electron chi connectivity index (χ3n) is 3.71. The number of thioether (sulfide) groups is 1. The molecular weight excluding hydrogens is 270 g/mol. The molecule has 1 atom stereocenters. The van der Waals surface area contributed by atoms with Crippen LogP contribution in [-0.2, 0) is 16.8 Å². The Labute approximate surface area is 125 Å². The van der Waals surface area contributed by atoms with Crippen LogP contribution in [-0.4, -0.2) is 29.1 Å². The number of aryl methyl sites for hydroxylation is 1. The van der Waals surface area contributed by atoms with Crippen molar-refractivity contribution in [2.24, 2.45) is 0 Å². The monoisotopic (exact) mass is 293 g/mol. The molecule has 0 heterocycles. The molecule has 2 N–H and O–H groups in total. The topological polar surface area (TPSA) is 49.3 Å². The van der Waals surface area contributed by atoms with Crippen molar-refractivity contribution in [3.05, 3.63) is 35.4 Å². The van der Waals surface area contributed by atoms with E-state index in [0.717, 1.165) is 30.6 Å². The summed E-state index contributed by atoms with van der Waals surface area (Å²) in [5, 5.41) is 13.7. The van der Waals surface area contributed by atoms with Crippen molar-refractivity contribution in [2.45, 2.75) is 38.2 Å². The number of carbonyl (C=O) groups is 1. The van der Waals surface area contributed by atoms with E-state index in [1.165, 1.54) is 5.56 Å². The summed E-state index contributed by atoms with van der Waals surface area (Å²) in [5.74, 6) is 1.49. The second-order valence-electron chi connectivity index (χ2n) is 5.37. The molecular formula is C16H23NO2S. The van der Waals surface area contributed by atoms with Gasteiger partial charge in [0.1, 0.15) is 5.60 Å². The summed E-state index contributed by atoms with van der Waals surface area (Å²) in [6, 6.07) is 8.00. The lowest BCUT2D eigenvalue weighted by Crippen LogP contribution is -2.43. The molecule has 0 bridgehead atoms. The maximum atomic E-state index is 11.8. The minimum absolute atomic E-state index is 0.0138. The first-order chi connectivity index (χ1) is 9.65. The van der Waals surface area contributed by atoms with Crippen LogP contribution in [0.2, 0.25) is 0 Å². The zero-order valence-electron chi connectivity index (χ0n) is 12.0. The summed E-state index contributed by atoms with van der Waals surface area (Å²) in [5.41, 5.74) is 1.28. The fraction of sp³-hybridized carbons (Fsp3) is 0.562. The van der Waals surface area contributed by atoms with Crippen LogP contribution in [0, 0.1) is 0 Å². The third-order valence-corrected chi connectivity index (χ3v) is 4.88. The van der Waals surface area contributed by atoms with Crippen molar-refractivity contribution in [3.8, 4) is 0 Å². The molecule has 0 aliphatic heterocycles. The van der Waals surface area contributed by atoms with Crippen LogP contribution in [0.1, 0.15) is 37.3 Å². The lowest BCUT2D eigenvalue weighted by Gasteiger charge is -2.34. The standard InChI is InChI=1S/C16H23NO2S/c1-2-10-20-11-15(18)17-12-16(19)9-5-7-13-6-3-4-8-14(13)16/h3-4,6,8,19H,2,5,7,9-12H2,1H3,(H,17,18). The highest BCUT2D eigenvalue weighted by Gasteiger charge is 2.34. The molecule has 0 spiro atoms. The zero-order valence-corrected chi connectivity index (χ0v) is 12.8. The minimum atomic E-state index is -0.903. The van der Waals surface area contributed by atoms with Crippen molar-refractivity contribution >= 4 is 17.7 Å². The molecule has 3 nitrogen and oxygen atoms in total. The van der Waals surface area contributed by atoms with Crippen LogP contribution in [0.5, 0.6) is 0 Å². The second kappa shape index (κ2) is 7.14. The predicted octanol–water partition coefficient (Wildman–Crippen LogP) is 2.47. The number of fused-ring (bicyclic) bond motifs is 1.